The van der Waals surface area contributed by atoms with Crippen LogP contribution in [0.4, 0.5) is 10.8 Å². The lowest BCUT2D eigenvalue weighted by atomic mass is 9.94. The minimum absolute atomic E-state index is 0.0303. The summed E-state index contributed by atoms with van der Waals surface area (Å²) in [7, 11) is 0. The number of benzene rings is 1. The summed E-state index contributed by atoms with van der Waals surface area (Å²) in [6.07, 6.45) is 6.57. The molecule has 1 aromatic carbocycles. The van der Waals surface area contributed by atoms with Gasteiger partial charge in [-0.1, -0.05) is 44.8 Å². The molecular formula is C26H31N5O3S2. The minimum atomic E-state index is -0.303. The highest BCUT2D eigenvalue weighted by atomic mass is 32.2. The fraction of sp³-hybridized carbons (Fsp3) is 0.385. The van der Waals surface area contributed by atoms with Gasteiger partial charge in [-0.3, -0.25) is 9.59 Å². The Morgan fingerprint density at radius 2 is 2.03 bits per heavy atom. The van der Waals surface area contributed by atoms with Crippen LogP contribution >= 0.6 is 23.1 Å². The number of likely N-dealkylation sites (tertiary alicyclic amines) is 1. The molecule has 8 nitrogen and oxygen atoms in total. The average Bonchev–Trinajstić information content (AvgIpc) is 3.52. The maximum Gasteiger partial charge on any atom is 0.253 e. The molecule has 2 N–H and O–H groups in total. The number of piperidine rings is 1. The van der Waals surface area contributed by atoms with Crippen molar-refractivity contribution >= 4 is 45.7 Å². The van der Waals surface area contributed by atoms with E-state index in [1.54, 1.807) is 47.4 Å². The van der Waals surface area contributed by atoms with Gasteiger partial charge in [0.2, 0.25) is 11.8 Å². The third-order valence-electron chi connectivity index (χ3n) is 5.79. The molecule has 3 heterocycles. The van der Waals surface area contributed by atoms with Crippen molar-refractivity contribution in [2.24, 2.45) is 0 Å². The smallest absolute Gasteiger partial charge is 0.253 e. The molecule has 0 spiro atoms. The number of hydrogen-bond acceptors (Lipinski definition) is 8. The van der Waals surface area contributed by atoms with E-state index >= 15 is 0 Å². The summed E-state index contributed by atoms with van der Waals surface area (Å²) in [5.41, 5.74) is 1.09. The first-order chi connectivity index (χ1) is 17.2. The molecule has 4 rings (SSSR count). The molecule has 2 aromatic heterocycles. The normalized spacial score (nSPS) is 14.5. The summed E-state index contributed by atoms with van der Waals surface area (Å²) in [5, 5.41) is 7.10. The van der Waals surface area contributed by atoms with Crippen LogP contribution in [0.1, 0.15) is 55.6 Å². The van der Waals surface area contributed by atoms with Crippen molar-refractivity contribution in [1.82, 2.24) is 14.9 Å². The Bertz CT molecular complexity index is 1220. The van der Waals surface area contributed by atoms with E-state index < -0.39 is 0 Å². The summed E-state index contributed by atoms with van der Waals surface area (Å²) < 4.78 is 6.97. The Labute approximate surface area is 219 Å². The molecule has 0 atom stereocenters. The van der Waals surface area contributed by atoms with E-state index in [0.717, 1.165) is 33.8 Å². The highest BCUT2D eigenvalue weighted by molar-refractivity contribution is 8.00. The van der Waals surface area contributed by atoms with Crippen LogP contribution < -0.4 is 10.6 Å². The lowest BCUT2D eigenvalue weighted by Gasteiger charge is -2.32. The summed E-state index contributed by atoms with van der Waals surface area (Å²) >= 11 is 3.28. The molecule has 0 radical (unpaired) electrons. The molecule has 1 aliphatic heterocycles. The monoisotopic (exact) mass is 525 g/mol. The average molecular weight is 526 g/mol. The zero-order chi connectivity index (χ0) is 25.7. The molecule has 36 heavy (non-hydrogen) atoms. The van der Waals surface area contributed by atoms with Crippen LogP contribution in [0.5, 0.6) is 0 Å². The molecule has 0 saturated carbocycles. The number of carbonyl (C=O) groups is 2. The van der Waals surface area contributed by atoms with E-state index in [9.17, 15) is 9.59 Å². The van der Waals surface area contributed by atoms with Crippen molar-refractivity contribution in [3.63, 3.8) is 0 Å². The molecule has 2 amide bonds. The van der Waals surface area contributed by atoms with Crippen LogP contribution in [0.25, 0.3) is 0 Å². The molecule has 190 valence electrons. The number of carbonyl (C=O) groups excluding carboxylic acids is 2. The van der Waals surface area contributed by atoms with Gasteiger partial charge in [-0.15, -0.1) is 11.8 Å². The maximum atomic E-state index is 13.0. The van der Waals surface area contributed by atoms with Crippen LogP contribution in [0.15, 0.2) is 57.9 Å². The number of rotatable bonds is 8. The molecule has 10 heteroatoms. The van der Waals surface area contributed by atoms with Gasteiger partial charge in [0.15, 0.2) is 5.13 Å². The van der Waals surface area contributed by atoms with E-state index in [-0.39, 0.29) is 23.3 Å². The maximum absolute atomic E-state index is 13.0. The quantitative estimate of drug-likeness (QED) is 0.293. The van der Waals surface area contributed by atoms with Gasteiger partial charge in [-0.2, -0.15) is 0 Å². The van der Waals surface area contributed by atoms with Gasteiger partial charge < -0.3 is 20.0 Å². The number of nitrogens with zero attached hydrogens (tertiary/aromatic N) is 3. The summed E-state index contributed by atoms with van der Waals surface area (Å²) in [6.45, 7) is 11.1. The van der Waals surface area contributed by atoms with E-state index in [2.05, 4.69) is 48.0 Å². The van der Waals surface area contributed by atoms with Crippen LogP contribution in [-0.2, 0) is 16.0 Å². The van der Waals surface area contributed by atoms with Gasteiger partial charge in [0.05, 0.1) is 22.4 Å². The van der Waals surface area contributed by atoms with Gasteiger partial charge in [0.25, 0.3) is 5.91 Å². The molecule has 1 saturated heterocycles. The SMILES string of the molecule is C=CC(=O)Nc1cccc(C(=O)N2CCC(Nc3ncc(SCc4ncc(C(C)(C)C)o4)s3)CC2)c1. The Balaban J connectivity index is 1.25. The number of aromatic nitrogens is 2. The number of anilines is 2. The lowest BCUT2D eigenvalue weighted by Crippen LogP contribution is -2.42. The van der Waals surface area contributed by atoms with Gasteiger partial charge >= 0.3 is 0 Å². The first-order valence-corrected chi connectivity index (χ1v) is 13.6. The number of thiazole rings is 1. The van der Waals surface area contributed by atoms with Crippen LogP contribution in [0, 0.1) is 0 Å². The summed E-state index contributed by atoms with van der Waals surface area (Å²) in [6, 6.07) is 7.25. The van der Waals surface area contributed by atoms with Crippen molar-refractivity contribution in [3.05, 3.63) is 66.5 Å². The molecular weight excluding hydrogens is 494 g/mol. The fourth-order valence-electron chi connectivity index (χ4n) is 3.76. The van der Waals surface area contributed by atoms with Crippen LogP contribution in [0.3, 0.4) is 0 Å². The fourth-order valence-corrected chi connectivity index (χ4v) is 5.56. The third-order valence-corrected chi connectivity index (χ3v) is 7.90. The first kappa shape index (κ1) is 26.0. The van der Waals surface area contributed by atoms with Crippen molar-refractivity contribution < 1.29 is 14.0 Å². The Kier molecular flexibility index (Phi) is 8.15. The van der Waals surface area contributed by atoms with Gasteiger partial charge in [-0.25, -0.2) is 9.97 Å². The summed E-state index contributed by atoms with van der Waals surface area (Å²) in [5.74, 6) is 1.94. The highest BCUT2D eigenvalue weighted by Gasteiger charge is 2.24. The molecule has 0 bridgehead atoms. The minimum Gasteiger partial charge on any atom is -0.444 e. The number of nitrogens with one attached hydrogen (secondary N) is 2. The second-order valence-corrected chi connectivity index (χ2v) is 11.9. The largest absolute Gasteiger partial charge is 0.444 e. The molecule has 1 aliphatic rings. The molecule has 1 fully saturated rings. The first-order valence-electron chi connectivity index (χ1n) is 11.8. The zero-order valence-electron chi connectivity index (χ0n) is 20.7. The van der Waals surface area contributed by atoms with E-state index in [1.807, 2.05) is 17.3 Å². The van der Waals surface area contributed by atoms with E-state index in [0.29, 0.717) is 30.1 Å². The third kappa shape index (κ3) is 6.76. The molecule has 0 unspecified atom stereocenters. The Hall–Kier alpha value is -3.11. The summed E-state index contributed by atoms with van der Waals surface area (Å²) in [4.78, 5) is 35.3. The lowest BCUT2D eigenvalue weighted by molar-refractivity contribution is -0.111. The van der Waals surface area contributed by atoms with Crippen molar-refractivity contribution in [2.75, 3.05) is 23.7 Å². The van der Waals surface area contributed by atoms with Gasteiger partial charge in [-0.05, 0) is 37.1 Å². The Morgan fingerprint density at radius 1 is 1.25 bits per heavy atom. The Morgan fingerprint density at radius 3 is 2.72 bits per heavy atom. The zero-order valence-corrected chi connectivity index (χ0v) is 22.4. The topological polar surface area (TPSA) is 100 Å². The predicted octanol–water partition coefficient (Wildman–Crippen LogP) is 5.56. The number of thioether (sulfide) groups is 1. The van der Waals surface area contributed by atoms with Crippen molar-refractivity contribution in [1.29, 1.82) is 0 Å². The van der Waals surface area contributed by atoms with Crippen LogP contribution in [0.2, 0.25) is 0 Å². The number of oxazole rings is 1. The van der Waals surface area contributed by atoms with E-state index in [4.69, 9.17) is 4.42 Å². The number of amides is 2. The predicted molar refractivity (Wildman–Crippen MR) is 145 cm³/mol. The van der Waals surface area contributed by atoms with Gasteiger partial charge in [0.1, 0.15) is 5.76 Å². The van der Waals surface area contributed by atoms with E-state index in [1.165, 1.54) is 6.08 Å². The van der Waals surface area contributed by atoms with Gasteiger partial charge in [0, 0.05) is 35.8 Å². The molecule has 0 aliphatic carbocycles. The highest BCUT2D eigenvalue weighted by Crippen LogP contribution is 2.32. The van der Waals surface area contributed by atoms with Crippen LogP contribution in [-0.4, -0.2) is 45.8 Å². The van der Waals surface area contributed by atoms with Crippen molar-refractivity contribution in [3.8, 4) is 0 Å². The standard InChI is InChI=1S/C26H31N5O3S2/c1-5-21(32)29-19-8-6-7-17(13-19)24(33)31-11-9-18(10-12-31)30-25-28-15-23(36-25)35-16-22-27-14-20(34-22)26(2,3)4/h5-8,13-15,18H,1,9-12,16H2,2-4H3,(H,28,30)(H,29,32). The van der Waals surface area contributed by atoms with Crippen molar-refractivity contribution in [2.45, 2.75) is 55.0 Å². The second-order valence-electron chi connectivity index (χ2n) is 9.63. The molecule has 3 aromatic rings. The number of hydrogen-bond donors (Lipinski definition) is 2. The second kappa shape index (κ2) is 11.3.